The maximum atomic E-state index is 14.1. The fourth-order valence-corrected chi connectivity index (χ4v) is 1.78. The van der Waals surface area contributed by atoms with Crippen LogP contribution in [0.4, 0.5) is 14.6 Å². The molecule has 1 aromatic rings. The SMILES string of the molecule is C=CC[C@@H](CO)[C@@H](O)C(F)(F)[C@@H](O)n1ccc(N)nc1=O. The lowest BCUT2D eigenvalue weighted by Crippen LogP contribution is -2.49. The lowest BCUT2D eigenvalue weighted by molar-refractivity contribution is -0.220. The smallest absolute Gasteiger partial charge is 0.351 e. The Bertz CT molecular complexity index is 550. The number of aliphatic hydroxyl groups excluding tert-OH is 3. The zero-order chi connectivity index (χ0) is 16.2. The monoisotopic (exact) mass is 305 g/mol. The molecule has 0 aliphatic heterocycles. The number of anilines is 1. The molecule has 3 atom stereocenters. The fourth-order valence-electron chi connectivity index (χ4n) is 1.78. The lowest BCUT2D eigenvalue weighted by atomic mass is 9.93. The highest BCUT2D eigenvalue weighted by molar-refractivity contribution is 5.23. The number of aromatic nitrogens is 2. The molecule has 0 spiro atoms. The number of aliphatic hydroxyl groups is 3. The zero-order valence-corrected chi connectivity index (χ0v) is 11.1. The summed E-state index contributed by atoms with van der Waals surface area (Å²) in [5.74, 6) is -5.50. The number of halogens is 2. The molecule has 0 aromatic carbocycles. The van der Waals surface area contributed by atoms with E-state index < -0.39 is 36.5 Å². The molecule has 0 aliphatic rings. The minimum absolute atomic E-state index is 0.0884. The molecule has 1 aromatic heterocycles. The van der Waals surface area contributed by atoms with Crippen LogP contribution >= 0.6 is 0 Å². The highest BCUT2D eigenvalue weighted by atomic mass is 19.3. The van der Waals surface area contributed by atoms with Crippen molar-refractivity contribution < 1.29 is 24.1 Å². The van der Waals surface area contributed by atoms with E-state index in [1.165, 1.54) is 6.08 Å². The molecule has 1 rings (SSSR count). The summed E-state index contributed by atoms with van der Waals surface area (Å²) in [6.45, 7) is 2.60. The van der Waals surface area contributed by atoms with Gasteiger partial charge in [-0.05, 0) is 12.5 Å². The summed E-state index contributed by atoms with van der Waals surface area (Å²) in [6.07, 6.45) is -3.01. The second kappa shape index (κ2) is 6.74. The number of nitrogen functional groups attached to an aromatic ring is 1. The number of alkyl halides is 2. The average molecular weight is 305 g/mol. The maximum Gasteiger partial charge on any atom is 0.351 e. The Balaban J connectivity index is 3.09. The van der Waals surface area contributed by atoms with E-state index in [0.717, 1.165) is 12.3 Å². The summed E-state index contributed by atoms with van der Waals surface area (Å²) in [6, 6.07) is 1.06. The normalized spacial score (nSPS) is 16.2. The largest absolute Gasteiger partial charge is 0.396 e. The van der Waals surface area contributed by atoms with Gasteiger partial charge in [0.15, 0.2) is 0 Å². The molecule has 0 unspecified atom stereocenters. The van der Waals surface area contributed by atoms with Crippen molar-refractivity contribution >= 4 is 5.82 Å². The van der Waals surface area contributed by atoms with Gasteiger partial charge in [-0.25, -0.2) is 4.79 Å². The second-order valence-electron chi connectivity index (χ2n) is 4.50. The highest BCUT2D eigenvalue weighted by Crippen LogP contribution is 2.34. The first-order chi connectivity index (χ1) is 9.75. The number of hydrogen-bond donors (Lipinski definition) is 4. The number of nitrogens with two attached hydrogens (primary N) is 1. The molecular weight excluding hydrogens is 288 g/mol. The third-order valence-electron chi connectivity index (χ3n) is 3.00. The van der Waals surface area contributed by atoms with Crippen LogP contribution in [0.25, 0.3) is 0 Å². The van der Waals surface area contributed by atoms with Crippen molar-refractivity contribution in [2.45, 2.75) is 24.7 Å². The Kier molecular flexibility index (Phi) is 5.53. The quantitative estimate of drug-likeness (QED) is 0.504. The van der Waals surface area contributed by atoms with Gasteiger partial charge in [0.1, 0.15) is 11.9 Å². The number of allylic oxidation sites excluding steroid dienone is 1. The zero-order valence-electron chi connectivity index (χ0n) is 11.1. The van der Waals surface area contributed by atoms with Crippen LogP contribution < -0.4 is 11.4 Å². The molecule has 7 nitrogen and oxygen atoms in total. The first-order valence-corrected chi connectivity index (χ1v) is 6.06. The van der Waals surface area contributed by atoms with Crippen LogP contribution in [0.2, 0.25) is 0 Å². The van der Waals surface area contributed by atoms with Crippen LogP contribution in [0.5, 0.6) is 0 Å². The third-order valence-corrected chi connectivity index (χ3v) is 3.00. The molecule has 21 heavy (non-hydrogen) atoms. The van der Waals surface area contributed by atoms with Crippen LogP contribution in [0.3, 0.4) is 0 Å². The van der Waals surface area contributed by atoms with E-state index >= 15 is 0 Å². The highest BCUT2D eigenvalue weighted by Gasteiger charge is 2.50. The predicted molar refractivity (Wildman–Crippen MR) is 70.5 cm³/mol. The Morgan fingerprint density at radius 2 is 2.14 bits per heavy atom. The van der Waals surface area contributed by atoms with Gasteiger partial charge >= 0.3 is 11.6 Å². The summed E-state index contributed by atoms with van der Waals surface area (Å²) in [5, 5.41) is 28.3. The fraction of sp³-hybridized carbons (Fsp3) is 0.500. The molecular formula is C12H17F2N3O4. The van der Waals surface area contributed by atoms with Crippen molar-refractivity contribution in [3.8, 4) is 0 Å². The van der Waals surface area contributed by atoms with E-state index in [4.69, 9.17) is 10.8 Å². The molecule has 0 amide bonds. The Hall–Kier alpha value is -1.84. The Morgan fingerprint density at radius 3 is 2.62 bits per heavy atom. The summed E-state index contributed by atoms with van der Waals surface area (Å²) < 4.78 is 28.4. The van der Waals surface area contributed by atoms with Crippen molar-refractivity contribution in [1.82, 2.24) is 9.55 Å². The van der Waals surface area contributed by atoms with Gasteiger partial charge in [-0.3, -0.25) is 4.57 Å². The topological polar surface area (TPSA) is 122 Å². The second-order valence-corrected chi connectivity index (χ2v) is 4.50. The summed E-state index contributed by atoms with van der Waals surface area (Å²) in [7, 11) is 0. The van der Waals surface area contributed by atoms with Gasteiger partial charge < -0.3 is 21.1 Å². The first kappa shape index (κ1) is 17.2. The first-order valence-electron chi connectivity index (χ1n) is 6.06. The van der Waals surface area contributed by atoms with Crippen molar-refractivity contribution in [1.29, 1.82) is 0 Å². The van der Waals surface area contributed by atoms with E-state index in [9.17, 15) is 23.8 Å². The number of nitrogens with zero attached hydrogens (tertiary/aromatic N) is 2. The molecule has 0 radical (unpaired) electrons. The van der Waals surface area contributed by atoms with Crippen LogP contribution in [-0.2, 0) is 0 Å². The van der Waals surface area contributed by atoms with Gasteiger partial charge in [-0.15, -0.1) is 6.58 Å². The Labute approximate surface area is 119 Å². The predicted octanol–water partition coefficient (Wildman–Crippen LogP) is -0.503. The van der Waals surface area contributed by atoms with Crippen molar-refractivity contribution in [3.05, 3.63) is 35.4 Å². The van der Waals surface area contributed by atoms with Crippen molar-refractivity contribution in [2.75, 3.05) is 12.3 Å². The van der Waals surface area contributed by atoms with E-state index in [1.54, 1.807) is 0 Å². The molecule has 9 heteroatoms. The van der Waals surface area contributed by atoms with Gasteiger partial charge in [-0.1, -0.05) is 6.08 Å². The van der Waals surface area contributed by atoms with Gasteiger partial charge in [0.2, 0.25) is 6.23 Å². The molecule has 0 bridgehead atoms. The summed E-state index contributed by atoms with van der Waals surface area (Å²) in [4.78, 5) is 14.7. The van der Waals surface area contributed by atoms with Gasteiger partial charge in [0.25, 0.3) is 0 Å². The molecule has 1 heterocycles. The van der Waals surface area contributed by atoms with Crippen LogP contribution in [0.15, 0.2) is 29.7 Å². The van der Waals surface area contributed by atoms with E-state index in [1.807, 2.05) is 0 Å². The summed E-state index contributed by atoms with van der Waals surface area (Å²) >= 11 is 0. The molecule has 0 saturated heterocycles. The molecule has 0 saturated carbocycles. The average Bonchev–Trinajstić information content (AvgIpc) is 2.43. The lowest BCUT2D eigenvalue weighted by Gasteiger charge is -2.31. The van der Waals surface area contributed by atoms with Gasteiger partial charge in [0.05, 0.1) is 0 Å². The minimum atomic E-state index is -4.09. The van der Waals surface area contributed by atoms with Crippen molar-refractivity contribution in [2.24, 2.45) is 5.92 Å². The van der Waals surface area contributed by atoms with E-state index in [2.05, 4.69) is 11.6 Å². The van der Waals surface area contributed by atoms with Crippen LogP contribution in [0.1, 0.15) is 12.6 Å². The molecule has 0 fully saturated rings. The number of hydrogen-bond acceptors (Lipinski definition) is 6. The summed E-state index contributed by atoms with van der Waals surface area (Å²) in [5.41, 5.74) is 4.04. The van der Waals surface area contributed by atoms with Gasteiger partial charge in [-0.2, -0.15) is 13.8 Å². The Morgan fingerprint density at radius 1 is 1.52 bits per heavy atom. The minimum Gasteiger partial charge on any atom is -0.396 e. The molecule has 5 N–H and O–H groups in total. The van der Waals surface area contributed by atoms with Crippen LogP contribution in [-0.4, -0.2) is 43.5 Å². The standard InChI is InChI=1S/C12H17F2N3O4/c1-2-3-7(6-18)9(19)12(13,14)10(20)17-5-4-8(15)16-11(17)21/h2,4-5,7,9-10,18-20H,1,3,6H2,(H2,15,16,21)/t7-,9+,10+/m0/s1. The van der Waals surface area contributed by atoms with E-state index in [0.29, 0.717) is 0 Å². The number of rotatable bonds is 7. The van der Waals surface area contributed by atoms with Gasteiger partial charge in [0, 0.05) is 18.7 Å². The third kappa shape index (κ3) is 3.63. The van der Waals surface area contributed by atoms with E-state index in [-0.39, 0.29) is 16.8 Å². The van der Waals surface area contributed by atoms with Crippen LogP contribution in [0, 0.1) is 5.92 Å². The maximum absolute atomic E-state index is 14.1. The molecule has 0 aliphatic carbocycles. The molecule has 118 valence electrons. The van der Waals surface area contributed by atoms with Crippen molar-refractivity contribution in [3.63, 3.8) is 0 Å².